The number of H-pyrrole nitrogens is 1. The molecule has 1 unspecified atom stereocenters. The predicted molar refractivity (Wildman–Crippen MR) is 112 cm³/mol. The quantitative estimate of drug-likeness (QED) is 0.542. The molecule has 0 aliphatic heterocycles. The van der Waals surface area contributed by atoms with Crippen molar-refractivity contribution >= 4 is 34.4 Å². The Hall–Kier alpha value is -3.03. The summed E-state index contributed by atoms with van der Waals surface area (Å²) in [6, 6.07) is 12.1. The Bertz CT molecular complexity index is 1110. The van der Waals surface area contributed by atoms with Crippen molar-refractivity contribution in [1.29, 1.82) is 0 Å². The van der Waals surface area contributed by atoms with Crippen molar-refractivity contribution in [1.82, 2.24) is 10.3 Å². The minimum Gasteiger partial charge on any atom is -0.482 e. The van der Waals surface area contributed by atoms with Crippen LogP contribution >= 0.6 is 11.6 Å². The number of nitrogens with one attached hydrogen (secondary N) is 2. The van der Waals surface area contributed by atoms with Crippen LogP contribution in [0, 0.1) is 0 Å². The molecule has 0 spiro atoms. The van der Waals surface area contributed by atoms with Gasteiger partial charge >= 0.3 is 5.97 Å². The van der Waals surface area contributed by atoms with Crippen molar-refractivity contribution in [3.8, 4) is 5.75 Å². The van der Waals surface area contributed by atoms with Gasteiger partial charge in [0.05, 0.1) is 19.3 Å². The first kappa shape index (κ1) is 20.3. The van der Waals surface area contributed by atoms with Crippen LogP contribution in [0.3, 0.4) is 0 Å². The topological polar surface area (TPSA) is 101 Å². The third kappa shape index (κ3) is 4.13. The van der Waals surface area contributed by atoms with E-state index in [1.165, 1.54) is 7.11 Å². The molecule has 7 nitrogen and oxygen atoms in total. The Morgan fingerprint density at radius 1 is 1.23 bits per heavy atom. The highest BCUT2D eigenvalue weighted by molar-refractivity contribution is 6.31. The van der Waals surface area contributed by atoms with Crippen molar-refractivity contribution < 1.29 is 24.2 Å². The molecular formula is C22H21ClN2O5. The van der Waals surface area contributed by atoms with E-state index in [-0.39, 0.29) is 12.5 Å². The van der Waals surface area contributed by atoms with Gasteiger partial charge in [0.2, 0.25) is 0 Å². The average Bonchev–Trinajstić information content (AvgIpc) is 3.15. The predicted octanol–water partition coefficient (Wildman–Crippen LogP) is 2.63. The van der Waals surface area contributed by atoms with E-state index in [2.05, 4.69) is 15.0 Å². The fraction of sp³-hybridized carbons (Fsp3) is 0.273. The minimum absolute atomic E-state index is 0.204. The molecule has 3 aromatic rings. The number of amides is 1. The van der Waals surface area contributed by atoms with Crippen LogP contribution in [0.1, 0.15) is 21.6 Å². The van der Waals surface area contributed by atoms with Crippen LogP contribution in [-0.2, 0) is 22.4 Å². The van der Waals surface area contributed by atoms with Crippen molar-refractivity contribution in [3.05, 3.63) is 64.3 Å². The van der Waals surface area contributed by atoms with Gasteiger partial charge in [0.15, 0.2) is 6.61 Å². The molecular weight excluding hydrogens is 408 g/mol. The van der Waals surface area contributed by atoms with Gasteiger partial charge in [-0.05, 0) is 47.9 Å². The van der Waals surface area contributed by atoms with Gasteiger partial charge in [-0.1, -0.05) is 23.7 Å². The first-order valence-corrected chi connectivity index (χ1v) is 9.90. The number of hydrogen-bond donors (Lipinski definition) is 3. The Balaban J connectivity index is 1.52. The molecule has 0 radical (unpaired) electrons. The number of esters is 1. The van der Waals surface area contributed by atoms with Crippen LogP contribution in [0.5, 0.6) is 5.75 Å². The zero-order chi connectivity index (χ0) is 21.3. The number of aliphatic hydroxyl groups excluding tert-OH is 1. The molecule has 30 heavy (non-hydrogen) atoms. The number of hydrogen-bond acceptors (Lipinski definition) is 5. The van der Waals surface area contributed by atoms with Crippen molar-refractivity contribution in [2.75, 3.05) is 13.7 Å². The number of methoxy groups -OCH3 is 1. The summed E-state index contributed by atoms with van der Waals surface area (Å²) >= 11 is 6.01. The molecule has 156 valence electrons. The molecule has 0 bridgehead atoms. The van der Waals surface area contributed by atoms with Gasteiger partial charge in [-0.3, -0.25) is 4.79 Å². The number of aromatic nitrogens is 1. The molecule has 0 saturated carbocycles. The number of fused-ring (bicyclic) bond motifs is 2. The summed E-state index contributed by atoms with van der Waals surface area (Å²) in [6.07, 6.45) is 0.0139. The Kier molecular flexibility index (Phi) is 5.65. The van der Waals surface area contributed by atoms with E-state index in [1.807, 2.05) is 18.2 Å². The molecule has 3 N–H and O–H groups in total. The van der Waals surface area contributed by atoms with Gasteiger partial charge in [0.1, 0.15) is 11.4 Å². The summed E-state index contributed by atoms with van der Waals surface area (Å²) in [7, 11) is 1.30. The van der Waals surface area contributed by atoms with Crippen molar-refractivity contribution in [3.63, 3.8) is 0 Å². The molecule has 4 rings (SSSR count). The van der Waals surface area contributed by atoms with E-state index in [4.69, 9.17) is 16.3 Å². The first-order valence-electron chi connectivity index (χ1n) is 9.52. The molecule has 8 heteroatoms. The van der Waals surface area contributed by atoms with Gasteiger partial charge in [-0.15, -0.1) is 0 Å². The lowest BCUT2D eigenvalue weighted by Crippen LogP contribution is -2.48. The lowest BCUT2D eigenvalue weighted by Gasteiger charge is -2.31. The maximum Gasteiger partial charge on any atom is 0.343 e. The van der Waals surface area contributed by atoms with E-state index in [9.17, 15) is 14.7 Å². The maximum absolute atomic E-state index is 12.8. The number of rotatable bonds is 5. The molecule has 1 aliphatic rings. The van der Waals surface area contributed by atoms with Crippen LogP contribution in [0.15, 0.2) is 42.5 Å². The summed E-state index contributed by atoms with van der Waals surface area (Å²) in [6.45, 7) is -0.204. The van der Waals surface area contributed by atoms with E-state index < -0.39 is 18.1 Å². The number of carbonyl (C=O) groups is 2. The number of benzene rings is 2. The number of carbonyl (C=O) groups excluding carboxylic acids is 2. The highest BCUT2D eigenvalue weighted by Crippen LogP contribution is 2.30. The highest BCUT2D eigenvalue weighted by Gasteiger charge is 2.30. The normalized spacial score (nSPS) is 18.0. The van der Waals surface area contributed by atoms with Crippen molar-refractivity contribution in [2.45, 2.75) is 25.0 Å². The summed E-state index contributed by atoms with van der Waals surface area (Å²) in [5.41, 5.74) is 2.98. The molecule has 1 aliphatic carbocycles. The molecule has 2 aromatic carbocycles. The monoisotopic (exact) mass is 428 g/mol. The van der Waals surface area contributed by atoms with Gasteiger partial charge in [0, 0.05) is 22.3 Å². The zero-order valence-electron chi connectivity index (χ0n) is 16.3. The molecule has 1 heterocycles. The summed E-state index contributed by atoms with van der Waals surface area (Å²) in [5, 5.41) is 14.9. The molecule has 0 saturated heterocycles. The molecule has 0 fully saturated rings. The largest absolute Gasteiger partial charge is 0.482 e. The van der Waals surface area contributed by atoms with Gasteiger partial charge in [0.25, 0.3) is 5.91 Å². The van der Waals surface area contributed by atoms with Crippen LogP contribution < -0.4 is 10.1 Å². The number of aromatic amines is 1. The third-order valence-electron chi connectivity index (χ3n) is 5.26. The van der Waals surface area contributed by atoms with Gasteiger partial charge in [-0.2, -0.15) is 0 Å². The minimum atomic E-state index is -0.740. The highest BCUT2D eigenvalue weighted by atomic mass is 35.5. The van der Waals surface area contributed by atoms with Gasteiger partial charge < -0.3 is 24.9 Å². The second-order valence-electron chi connectivity index (χ2n) is 7.23. The molecule has 2 atom stereocenters. The van der Waals surface area contributed by atoms with Crippen LogP contribution in [0.2, 0.25) is 5.02 Å². The lowest BCUT2D eigenvalue weighted by atomic mass is 9.85. The van der Waals surface area contributed by atoms with E-state index in [0.29, 0.717) is 29.3 Å². The van der Waals surface area contributed by atoms with Crippen molar-refractivity contribution in [2.24, 2.45) is 0 Å². The van der Waals surface area contributed by atoms with E-state index >= 15 is 0 Å². The van der Waals surface area contributed by atoms with Gasteiger partial charge in [-0.25, -0.2) is 4.79 Å². The summed E-state index contributed by atoms with van der Waals surface area (Å²) < 4.78 is 10.2. The number of halogens is 1. The third-order valence-corrected chi connectivity index (χ3v) is 5.50. The summed E-state index contributed by atoms with van der Waals surface area (Å²) in [5.74, 6) is -0.251. The fourth-order valence-electron chi connectivity index (χ4n) is 3.71. The SMILES string of the molecule is COC(=O)COc1cccc2c1CC(NC(=O)c1cc3cc(Cl)ccc3[nH]1)[C@H](O)C2. The zero-order valence-corrected chi connectivity index (χ0v) is 17.0. The number of ether oxygens (including phenoxy) is 2. The lowest BCUT2D eigenvalue weighted by molar-refractivity contribution is -0.142. The average molecular weight is 429 g/mol. The Morgan fingerprint density at radius 3 is 2.87 bits per heavy atom. The smallest absolute Gasteiger partial charge is 0.343 e. The Labute approximate surface area is 177 Å². The number of aliphatic hydroxyl groups is 1. The fourth-order valence-corrected chi connectivity index (χ4v) is 3.89. The first-order chi connectivity index (χ1) is 14.4. The molecule has 1 aromatic heterocycles. The standard InChI is InChI=1S/C22H21ClN2O5/c1-29-21(27)11-30-20-4-2-3-12-9-19(26)17(10-15(12)20)25-22(28)18-8-13-7-14(23)5-6-16(13)24-18/h2-8,17,19,24,26H,9-11H2,1H3,(H,25,28)/t17?,19-/m1/s1. The second-order valence-corrected chi connectivity index (χ2v) is 7.67. The van der Waals surface area contributed by atoms with Crippen LogP contribution in [-0.4, -0.2) is 47.8 Å². The molecule has 1 amide bonds. The maximum atomic E-state index is 12.8. The summed E-state index contributed by atoms with van der Waals surface area (Å²) in [4.78, 5) is 27.3. The van der Waals surface area contributed by atoms with Crippen LogP contribution in [0.25, 0.3) is 10.9 Å². The second kappa shape index (κ2) is 8.38. The van der Waals surface area contributed by atoms with E-state index in [0.717, 1.165) is 22.0 Å². The van der Waals surface area contributed by atoms with Crippen LogP contribution in [0.4, 0.5) is 0 Å². The Morgan fingerprint density at radius 2 is 2.07 bits per heavy atom. The van der Waals surface area contributed by atoms with E-state index in [1.54, 1.807) is 24.3 Å².